The Hall–Kier alpha value is -5.47. The van der Waals surface area contributed by atoms with E-state index in [1.807, 2.05) is 115 Å². The van der Waals surface area contributed by atoms with Crippen molar-refractivity contribution in [2.24, 2.45) is 0 Å². The third kappa shape index (κ3) is 3.84. The van der Waals surface area contributed by atoms with Gasteiger partial charge in [-0.3, -0.25) is 4.57 Å². The molecule has 0 saturated heterocycles. The highest BCUT2D eigenvalue weighted by Crippen LogP contribution is 2.45. The molecule has 0 aliphatic heterocycles. The molecule has 0 N–H and O–H groups in total. The van der Waals surface area contributed by atoms with Crippen molar-refractivity contribution >= 4 is 32.6 Å². The summed E-state index contributed by atoms with van der Waals surface area (Å²) in [4.78, 5) is 4.77. The zero-order valence-corrected chi connectivity index (χ0v) is 22.7. The van der Waals surface area contributed by atoms with Crippen LogP contribution in [-0.2, 0) is 0 Å². The molecule has 2 heteroatoms. The van der Waals surface area contributed by atoms with Crippen molar-refractivity contribution in [3.05, 3.63) is 157 Å². The molecule has 0 radical (unpaired) electrons. The van der Waals surface area contributed by atoms with Gasteiger partial charge >= 0.3 is 0 Å². The van der Waals surface area contributed by atoms with Gasteiger partial charge in [0.1, 0.15) is 5.82 Å². The molecular weight excluding hydrogens is 508 g/mol. The summed E-state index contributed by atoms with van der Waals surface area (Å²) in [6, 6.07) is 29.4. The van der Waals surface area contributed by atoms with Crippen LogP contribution in [0.25, 0.3) is 71.6 Å². The third-order valence-corrected chi connectivity index (χ3v) is 7.78. The number of nitrogens with zero attached hydrogens (tertiary/aromatic N) is 2. The summed E-state index contributed by atoms with van der Waals surface area (Å²) in [7, 11) is 0. The minimum Gasteiger partial charge on any atom is -0.296 e. The van der Waals surface area contributed by atoms with E-state index in [4.69, 9.17) is 10.5 Å². The second-order valence-electron chi connectivity index (χ2n) is 10.2. The summed E-state index contributed by atoms with van der Waals surface area (Å²) >= 11 is 0. The summed E-state index contributed by atoms with van der Waals surface area (Å²) in [6.07, 6.45) is 0. The molecule has 0 bridgehead atoms. The van der Waals surface area contributed by atoms with Crippen molar-refractivity contribution < 1.29 is 11.0 Å². The molecular formula is C40H28N2. The first-order valence-corrected chi connectivity index (χ1v) is 13.8. The molecule has 0 fully saturated rings. The van der Waals surface area contributed by atoms with Crippen LogP contribution in [0.5, 0.6) is 0 Å². The number of fused-ring (bicyclic) bond motifs is 3. The van der Waals surface area contributed by atoms with E-state index in [-0.39, 0.29) is 45.7 Å². The van der Waals surface area contributed by atoms with E-state index in [0.717, 1.165) is 22.2 Å². The van der Waals surface area contributed by atoms with Crippen molar-refractivity contribution in [1.82, 2.24) is 9.55 Å². The highest BCUT2D eigenvalue weighted by atomic mass is 15.1. The fraction of sp³-hybridized carbons (Fsp3) is 0.0250. The molecule has 42 heavy (non-hydrogen) atoms. The van der Waals surface area contributed by atoms with Crippen molar-refractivity contribution in [3.8, 4) is 39.1 Å². The van der Waals surface area contributed by atoms with Crippen molar-refractivity contribution in [2.45, 2.75) is 6.92 Å². The number of aromatic nitrogens is 2. The van der Waals surface area contributed by atoms with Crippen molar-refractivity contribution in [3.63, 3.8) is 0 Å². The minimum absolute atomic E-state index is 0.170. The van der Waals surface area contributed by atoms with Gasteiger partial charge in [-0.05, 0) is 80.6 Å². The third-order valence-electron chi connectivity index (χ3n) is 7.78. The quantitative estimate of drug-likeness (QED) is 0.202. The standard InChI is InChI=1S/C40H28N2/c1-27-41-36-23-10-12-25-38(36)42(27)37-24-11-9-22-35(37)40-33-20-7-5-18-31(33)39(32-19-6-8-21-34(32)40)30-17-13-16-29(26-30)28-14-3-2-4-15-28/h2-26H,1H3/i5D,6D,7D,8D,18D,19D,20D,21D. The maximum absolute atomic E-state index is 9.36. The average Bonchev–Trinajstić information content (AvgIpc) is 3.49. The van der Waals surface area contributed by atoms with E-state index in [0.29, 0.717) is 33.8 Å². The zero-order chi connectivity index (χ0) is 35.0. The number of benzene rings is 7. The van der Waals surface area contributed by atoms with Gasteiger partial charge < -0.3 is 0 Å². The van der Waals surface area contributed by atoms with Crippen LogP contribution in [0.2, 0.25) is 0 Å². The first-order chi connectivity index (χ1) is 24.1. The monoisotopic (exact) mass is 544 g/mol. The second-order valence-corrected chi connectivity index (χ2v) is 10.2. The SMILES string of the molecule is [2H]c1c([2H])c([2H])c2c(-c3ccccc3-n3c(C)nc4ccccc43)c3c([2H])c([2H])c([2H])c([2H])c3c(-c3cccc(-c4ccccc4)c3)c2c1[2H]. The van der Waals surface area contributed by atoms with Crippen LogP contribution in [0.4, 0.5) is 0 Å². The Labute approximate surface area is 256 Å². The largest absolute Gasteiger partial charge is 0.296 e. The molecule has 0 unspecified atom stereocenters. The fourth-order valence-electron chi connectivity index (χ4n) is 6.00. The van der Waals surface area contributed by atoms with E-state index in [9.17, 15) is 5.48 Å². The molecule has 2 nitrogen and oxygen atoms in total. The van der Waals surface area contributed by atoms with E-state index < -0.39 is 24.2 Å². The molecule has 0 atom stereocenters. The Morgan fingerprint density at radius 3 is 1.86 bits per heavy atom. The molecule has 0 aliphatic rings. The lowest BCUT2D eigenvalue weighted by Gasteiger charge is -2.20. The number of hydrogen-bond acceptors (Lipinski definition) is 1. The Morgan fingerprint density at radius 1 is 0.548 bits per heavy atom. The van der Waals surface area contributed by atoms with E-state index in [1.165, 1.54) is 0 Å². The van der Waals surface area contributed by atoms with Crippen molar-refractivity contribution in [2.75, 3.05) is 0 Å². The van der Waals surface area contributed by atoms with Crippen molar-refractivity contribution in [1.29, 1.82) is 0 Å². The maximum atomic E-state index is 9.36. The van der Waals surface area contributed by atoms with Gasteiger partial charge in [-0.1, -0.05) is 127 Å². The van der Waals surface area contributed by atoms with Crippen LogP contribution in [0.1, 0.15) is 16.8 Å². The van der Waals surface area contributed by atoms with E-state index >= 15 is 0 Å². The first-order valence-electron chi connectivity index (χ1n) is 17.8. The number of para-hydroxylation sites is 3. The van der Waals surface area contributed by atoms with Crippen LogP contribution in [0, 0.1) is 6.92 Å². The lowest BCUT2D eigenvalue weighted by molar-refractivity contribution is 1.00. The second kappa shape index (κ2) is 9.87. The number of hydrogen-bond donors (Lipinski definition) is 0. The van der Waals surface area contributed by atoms with Gasteiger partial charge in [0, 0.05) is 5.56 Å². The smallest absolute Gasteiger partial charge is 0.111 e. The average molecular weight is 545 g/mol. The van der Waals surface area contributed by atoms with E-state index in [2.05, 4.69) is 0 Å². The Kier molecular flexibility index (Phi) is 4.08. The van der Waals surface area contributed by atoms with Gasteiger partial charge in [-0.25, -0.2) is 4.98 Å². The maximum Gasteiger partial charge on any atom is 0.111 e. The molecule has 0 saturated carbocycles. The molecule has 1 aromatic heterocycles. The number of aryl methyl sites for hydroxylation is 1. The van der Waals surface area contributed by atoms with Crippen LogP contribution in [0.3, 0.4) is 0 Å². The topological polar surface area (TPSA) is 17.8 Å². The van der Waals surface area contributed by atoms with Gasteiger partial charge in [0.25, 0.3) is 0 Å². The summed E-state index contributed by atoms with van der Waals surface area (Å²) in [5.74, 6) is 0.686. The highest BCUT2D eigenvalue weighted by Gasteiger charge is 2.20. The first kappa shape index (κ1) is 17.4. The van der Waals surface area contributed by atoms with Gasteiger partial charge in [-0.2, -0.15) is 0 Å². The summed E-state index contributed by atoms with van der Waals surface area (Å²) < 4.78 is 74.5. The van der Waals surface area contributed by atoms with Crippen LogP contribution >= 0.6 is 0 Å². The van der Waals surface area contributed by atoms with Gasteiger partial charge in [0.2, 0.25) is 0 Å². The summed E-state index contributed by atoms with van der Waals surface area (Å²) in [6.45, 7) is 1.88. The molecule has 0 aliphatic carbocycles. The van der Waals surface area contributed by atoms with Crippen LogP contribution in [0.15, 0.2) is 151 Å². The predicted octanol–water partition coefficient (Wildman–Crippen LogP) is 10.6. The lowest BCUT2D eigenvalue weighted by Crippen LogP contribution is -2.00. The highest BCUT2D eigenvalue weighted by molar-refractivity contribution is 6.22. The van der Waals surface area contributed by atoms with Crippen LogP contribution in [-0.4, -0.2) is 9.55 Å². The molecule has 1 heterocycles. The molecule has 7 aromatic carbocycles. The van der Waals surface area contributed by atoms with Gasteiger partial charge in [0.15, 0.2) is 0 Å². The lowest BCUT2D eigenvalue weighted by atomic mass is 9.85. The Bertz CT molecular complexity index is 2620. The van der Waals surface area contributed by atoms with E-state index in [1.54, 1.807) is 0 Å². The fourth-order valence-corrected chi connectivity index (χ4v) is 6.00. The normalized spacial score (nSPS) is 14.1. The van der Waals surface area contributed by atoms with Gasteiger partial charge in [-0.15, -0.1) is 0 Å². The molecule has 0 spiro atoms. The Morgan fingerprint density at radius 2 is 1.12 bits per heavy atom. The molecule has 198 valence electrons. The van der Waals surface area contributed by atoms with Gasteiger partial charge in [0.05, 0.1) is 27.7 Å². The molecule has 8 aromatic rings. The minimum atomic E-state index is -0.435. The zero-order valence-electron chi connectivity index (χ0n) is 30.7. The molecule has 0 amide bonds. The number of rotatable bonds is 4. The molecule has 8 rings (SSSR count). The number of imidazole rings is 1. The predicted molar refractivity (Wildman–Crippen MR) is 177 cm³/mol. The Balaban J connectivity index is 1.63. The summed E-state index contributed by atoms with van der Waals surface area (Å²) in [5.41, 5.74) is 5.74. The van der Waals surface area contributed by atoms with Crippen LogP contribution < -0.4 is 0 Å². The summed E-state index contributed by atoms with van der Waals surface area (Å²) in [5, 5.41) is 0.692.